The first kappa shape index (κ1) is 22.9. The maximum absolute atomic E-state index is 13.1. The molecule has 7 heteroatoms. The summed E-state index contributed by atoms with van der Waals surface area (Å²) in [6, 6.07) is 17.8. The summed E-state index contributed by atoms with van der Waals surface area (Å²) in [5, 5.41) is 2.27. The van der Waals surface area contributed by atoms with E-state index in [1.165, 1.54) is 31.4 Å². The zero-order chi connectivity index (χ0) is 23.1. The van der Waals surface area contributed by atoms with Crippen LogP contribution in [0, 0.1) is 6.92 Å². The summed E-state index contributed by atoms with van der Waals surface area (Å²) in [6.07, 6.45) is -1.91. The topological polar surface area (TPSA) is 47.6 Å². The van der Waals surface area contributed by atoms with Gasteiger partial charge in [0.15, 0.2) is 11.5 Å². The molecule has 166 valence electrons. The standard InChI is InChI=1S/C25H22F3NO3/c1-17-7-3-4-8-19(17)16-32-22-13-11-18(15-23(22)31-2)12-14-24(30)29-21-10-6-5-9-20(21)25(26,27)28/h3-15H,16H2,1-2H3,(H,29,30)/b14-12+. The molecular formula is C25H22F3NO3. The Kier molecular flexibility index (Phi) is 7.20. The number of halogens is 3. The van der Waals surface area contributed by atoms with Crippen molar-refractivity contribution in [2.75, 3.05) is 12.4 Å². The largest absolute Gasteiger partial charge is 0.493 e. The number of methoxy groups -OCH3 is 1. The Hall–Kier alpha value is -3.74. The Morgan fingerprint density at radius 3 is 2.44 bits per heavy atom. The van der Waals surface area contributed by atoms with Crippen LogP contribution in [0.1, 0.15) is 22.3 Å². The summed E-state index contributed by atoms with van der Waals surface area (Å²) >= 11 is 0. The lowest BCUT2D eigenvalue weighted by Gasteiger charge is -2.13. The molecule has 0 heterocycles. The van der Waals surface area contributed by atoms with Crippen molar-refractivity contribution in [3.05, 3.63) is 95.1 Å². The van der Waals surface area contributed by atoms with E-state index < -0.39 is 17.6 Å². The number of hydrogen-bond donors (Lipinski definition) is 1. The first-order chi connectivity index (χ1) is 15.3. The van der Waals surface area contributed by atoms with Crippen LogP contribution in [0.3, 0.4) is 0 Å². The average molecular weight is 441 g/mol. The van der Waals surface area contributed by atoms with E-state index in [-0.39, 0.29) is 5.69 Å². The van der Waals surface area contributed by atoms with E-state index in [1.807, 2.05) is 31.2 Å². The average Bonchev–Trinajstić information content (AvgIpc) is 2.77. The summed E-state index contributed by atoms with van der Waals surface area (Å²) in [7, 11) is 1.50. The second-order valence-electron chi connectivity index (χ2n) is 6.99. The molecule has 3 aromatic carbocycles. The Labute approximate surface area is 184 Å². The number of para-hydroxylation sites is 1. The molecule has 0 aliphatic carbocycles. The number of aryl methyl sites for hydroxylation is 1. The number of amides is 1. The zero-order valence-electron chi connectivity index (χ0n) is 17.6. The van der Waals surface area contributed by atoms with Crippen molar-refractivity contribution in [3.63, 3.8) is 0 Å². The van der Waals surface area contributed by atoms with Gasteiger partial charge >= 0.3 is 6.18 Å². The van der Waals surface area contributed by atoms with Gasteiger partial charge in [0.1, 0.15) is 6.61 Å². The minimum absolute atomic E-state index is 0.299. The van der Waals surface area contributed by atoms with E-state index >= 15 is 0 Å². The third-order valence-electron chi connectivity index (χ3n) is 4.75. The highest BCUT2D eigenvalue weighted by molar-refractivity contribution is 6.02. The number of ether oxygens (including phenoxy) is 2. The van der Waals surface area contributed by atoms with Gasteiger partial charge in [0.2, 0.25) is 5.91 Å². The van der Waals surface area contributed by atoms with E-state index in [9.17, 15) is 18.0 Å². The van der Waals surface area contributed by atoms with Crippen LogP contribution in [-0.4, -0.2) is 13.0 Å². The van der Waals surface area contributed by atoms with Crippen molar-refractivity contribution in [2.24, 2.45) is 0 Å². The zero-order valence-corrected chi connectivity index (χ0v) is 17.6. The van der Waals surface area contributed by atoms with E-state index in [1.54, 1.807) is 18.2 Å². The number of alkyl halides is 3. The maximum Gasteiger partial charge on any atom is 0.418 e. The van der Waals surface area contributed by atoms with Crippen LogP contribution in [0.4, 0.5) is 18.9 Å². The van der Waals surface area contributed by atoms with Crippen LogP contribution in [0.15, 0.2) is 72.8 Å². The number of rotatable bonds is 7. The summed E-state index contributed by atoms with van der Waals surface area (Å²) in [6.45, 7) is 2.38. The minimum Gasteiger partial charge on any atom is -0.493 e. The molecule has 0 aliphatic heterocycles. The lowest BCUT2D eigenvalue weighted by atomic mass is 10.1. The van der Waals surface area contributed by atoms with Crippen molar-refractivity contribution in [3.8, 4) is 11.5 Å². The molecule has 3 rings (SSSR count). The number of carbonyl (C=O) groups is 1. The molecule has 0 aromatic heterocycles. The number of anilines is 1. The molecule has 0 atom stereocenters. The van der Waals surface area contributed by atoms with Gasteiger partial charge < -0.3 is 14.8 Å². The molecule has 3 aromatic rings. The summed E-state index contributed by atoms with van der Waals surface area (Å²) in [5.74, 6) is 0.334. The Morgan fingerprint density at radius 1 is 1.00 bits per heavy atom. The summed E-state index contributed by atoms with van der Waals surface area (Å²) in [5.41, 5.74) is 1.59. The van der Waals surface area contributed by atoms with Crippen LogP contribution in [0.2, 0.25) is 0 Å². The SMILES string of the molecule is COc1cc(/C=C/C(=O)Nc2ccccc2C(F)(F)F)ccc1OCc1ccccc1C. The highest BCUT2D eigenvalue weighted by atomic mass is 19.4. The first-order valence-electron chi connectivity index (χ1n) is 9.78. The van der Waals surface area contributed by atoms with Gasteiger partial charge in [0, 0.05) is 6.08 Å². The molecule has 0 aliphatic rings. The van der Waals surface area contributed by atoms with Crippen molar-refractivity contribution >= 4 is 17.7 Å². The maximum atomic E-state index is 13.1. The molecule has 0 spiro atoms. The summed E-state index contributed by atoms with van der Waals surface area (Å²) in [4.78, 5) is 12.2. The third-order valence-corrected chi connectivity index (χ3v) is 4.75. The van der Waals surface area contributed by atoms with Gasteiger partial charge in [0.05, 0.1) is 18.4 Å². The van der Waals surface area contributed by atoms with Crippen molar-refractivity contribution in [2.45, 2.75) is 19.7 Å². The van der Waals surface area contributed by atoms with Gasteiger partial charge in [-0.05, 0) is 54.0 Å². The molecular weight excluding hydrogens is 419 g/mol. The summed E-state index contributed by atoms with van der Waals surface area (Å²) < 4.78 is 50.4. The molecule has 0 unspecified atom stereocenters. The first-order valence-corrected chi connectivity index (χ1v) is 9.78. The Balaban J connectivity index is 1.69. The number of benzene rings is 3. The van der Waals surface area contributed by atoms with Crippen LogP contribution in [-0.2, 0) is 17.6 Å². The molecule has 32 heavy (non-hydrogen) atoms. The predicted octanol–water partition coefficient (Wildman–Crippen LogP) is 6.25. The molecule has 0 bridgehead atoms. The van der Waals surface area contributed by atoms with Gasteiger partial charge in [-0.1, -0.05) is 42.5 Å². The number of carbonyl (C=O) groups excluding carboxylic acids is 1. The van der Waals surface area contributed by atoms with Crippen LogP contribution in [0.5, 0.6) is 11.5 Å². The highest BCUT2D eigenvalue weighted by Gasteiger charge is 2.33. The van der Waals surface area contributed by atoms with Crippen molar-refractivity contribution in [1.82, 2.24) is 0 Å². The van der Waals surface area contributed by atoms with Gasteiger partial charge in [-0.3, -0.25) is 4.79 Å². The quantitative estimate of drug-likeness (QED) is 0.441. The normalized spacial score (nSPS) is 11.4. The van der Waals surface area contributed by atoms with Crippen LogP contribution in [0.25, 0.3) is 6.08 Å². The molecule has 0 saturated heterocycles. The fourth-order valence-electron chi connectivity index (χ4n) is 3.02. The van der Waals surface area contributed by atoms with Crippen LogP contribution >= 0.6 is 0 Å². The molecule has 0 saturated carbocycles. The monoisotopic (exact) mass is 441 g/mol. The predicted molar refractivity (Wildman–Crippen MR) is 118 cm³/mol. The fourth-order valence-corrected chi connectivity index (χ4v) is 3.02. The van der Waals surface area contributed by atoms with Gasteiger partial charge in [-0.15, -0.1) is 0 Å². The lowest BCUT2D eigenvalue weighted by molar-refractivity contribution is -0.136. The van der Waals surface area contributed by atoms with Gasteiger partial charge in [0.25, 0.3) is 0 Å². The van der Waals surface area contributed by atoms with E-state index in [4.69, 9.17) is 9.47 Å². The highest BCUT2D eigenvalue weighted by Crippen LogP contribution is 2.34. The number of hydrogen-bond acceptors (Lipinski definition) is 3. The second kappa shape index (κ2) is 10.0. The van der Waals surface area contributed by atoms with Gasteiger partial charge in [-0.25, -0.2) is 0 Å². The lowest BCUT2D eigenvalue weighted by Crippen LogP contribution is -2.14. The van der Waals surface area contributed by atoms with Crippen LogP contribution < -0.4 is 14.8 Å². The molecule has 1 N–H and O–H groups in total. The van der Waals surface area contributed by atoms with E-state index in [0.29, 0.717) is 23.7 Å². The van der Waals surface area contributed by atoms with Crippen molar-refractivity contribution in [1.29, 1.82) is 0 Å². The third kappa shape index (κ3) is 5.91. The Morgan fingerprint density at radius 2 is 1.72 bits per heavy atom. The van der Waals surface area contributed by atoms with Crippen molar-refractivity contribution < 1.29 is 27.4 Å². The smallest absolute Gasteiger partial charge is 0.418 e. The molecule has 0 radical (unpaired) electrons. The molecule has 1 amide bonds. The number of nitrogens with one attached hydrogen (secondary N) is 1. The second-order valence-corrected chi connectivity index (χ2v) is 6.99. The van der Waals surface area contributed by atoms with E-state index in [0.717, 1.165) is 23.3 Å². The van der Waals surface area contributed by atoms with E-state index in [2.05, 4.69) is 5.32 Å². The minimum atomic E-state index is -4.56. The Bertz CT molecular complexity index is 1120. The fraction of sp³-hybridized carbons (Fsp3) is 0.160. The molecule has 0 fully saturated rings. The molecule has 4 nitrogen and oxygen atoms in total. The van der Waals surface area contributed by atoms with Gasteiger partial charge in [-0.2, -0.15) is 13.2 Å².